The average molecular weight is 852 g/mol. The van der Waals surface area contributed by atoms with E-state index in [0.29, 0.717) is 6.42 Å². The molecule has 0 saturated carbocycles. The van der Waals surface area contributed by atoms with Gasteiger partial charge >= 0.3 is 19.8 Å². The average Bonchev–Trinajstić information content (AvgIpc) is 3.22. The number of rotatable bonds is 41. The normalized spacial score (nSPS) is 15.0. The van der Waals surface area contributed by atoms with E-state index >= 15 is 0 Å². The highest BCUT2D eigenvalue weighted by Crippen LogP contribution is 2.43. The van der Waals surface area contributed by atoms with Gasteiger partial charge < -0.3 is 30.3 Å². The van der Waals surface area contributed by atoms with Crippen molar-refractivity contribution < 1.29 is 47.8 Å². The summed E-state index contributed by atoms with van der Waals surface area (Å²) in [5, 5.41) is 20.7. The van der Waals surface area contributed by atoms with Gasteiger partial charge in [-0.05, 0) is 83.5 Å². The highest BCUT2D eigenvalue weighted by atomic mass is 31.2. The van der Waals surface area contributed by atoms with E-state index in [9.17, 15) is 29.3 Å². The van der Waals surface area contributed by atoms with Crippen LogP contribution in [0.4, 0.5) is 0 Å². The Morgan fingerprint density at radius 2 is 1.10 bits per heavy atom. The Hall–Kier alpha value is -2.63. The van der Waals surface area contributed by atoms with Gasteiger partial charge in [0.15, 0.2) is 6.10 Å². The number of phosphoric ester groups is 1. The third-order valence-corrected chi connectivity index (χ3v) is 10.3. The molecule has 12 heteroatoms. The van der Waals surface area contributed by atoms with E-state index < -0.39 is 44.7 Å². The van der Waals surface area contributed by atoms with Gasteiger partial charge in [0.25, 0.3) is 0 Å². The zero-order valence-corrected chi connectivity index (χ0v) is 37.6. The summed E-state index contributed by atoms with van der Waals surface area (Å²) in [5.74, 6) is -1.13. The quantitative estimate of drug-likeness (QED) is 0.0199. The number of aliphatic hydroxyl groups is 2. The molecule has 0 saturated heterocycles. The molecule has 0 bridgehead atoms. The molecule has 340 valence electrons. The molecule has 5 N–H and O–H groups in total. The lowest BCUT2D eigenvalue weighted by atomic mass is 10.0. The van der Waals surface area contributed by atoms with Gasteiger partial charge in [0.2, 0.25) is 0 Å². The van der Waals surface area contributed by atoms with Crippen LogP contribution in [0.5, 0.6) is 0 Å². The lowest BCUT2D eigenvalue weighted by Gasteiger charge is -2.20. The summed E-state index contributed by atoms with van der Waals surface area (Å²) in [6.07, 6.45) is 43.9. The summed E-state index contributed by atoms with van der Waals surface area (Å²) in [7, 11) is -4.47. The van der Waals surface area contributed by atoms with E-state index in [1.807, 2.05) is 18.2 Å². The fraction of sp³-hybridized carbons (Fsp3) is 0.702. The van der Waals surface area contributed by atoms with Crippen LogP contribution in [0, 0.1) is 0 Å². The smallest absolute Gasteiger partial charge is 0.462 e. The van der Waals surface area contributed by atoms with E-state index in [-0.39, 0.29) is 51.9 Å². The van der Waals surface area contributed by atoms with Crippen molar-refractivity contribution in [3.05, 3.63) is 72.9 Å². The predicted molar refractivity (Wildman–Crippen MR) is 241 cm³/mol. The molecule has 0 aromatic heterocycles. The number of allylic oxidation sites excluding steroid dienone is 11. The Kier molecular flexibility index (Phi) is 40.2. The number of ether oxygens (including phenoxy) is 2. The molecule has 0 spiro atoms. The van der Waals surface area contributed by atoms with Crippen molar-refractivity contribution >= 4 is 19.8 Å². The fourth-order valence-corrected chi connectivity index (χ4v) is 6.58. The first-order valence-corrected chi connectivity index (χ1v) is 24.1. The van der Waals surface area contributed by atoms with Crippen LogP contribution in [0.15, 0.2) is 72.9 Å². The highest BCUT2D eigenvalue weighted by Gasteiger charge is 2.26. The molecule has 0 amide bonds. The fourth-order valence-electron chi connectivity index (χ4n) is 5.81. The molecular formula is C47H82NO10P. The van der Waals surface area contributed by atoms with Crippen molar-refractivity contribution in [1.82, 2.24) is 0 Å². The Bertz CT molecular complexity index is 1230. The minimum atomic E-state index is -4.47. The van der Waals surface area contributed by atoms with Gasteiger partial charge in [0.05, 0.1) is 25.4 Å². The molecule has 1 unspecified atom stereocenters. The SMILES string of the molecule is CC/C=C\C/C=C\C/C=C\C/C=C\C[C@@H](O)[C@H](O)CCCC(=O)O[C@H](COC(=O)CCCCCCCCCCC/C=C\C/C=C\CCCCC)COP(=O)(O)OCCN. The van der Waals surface area contributed by atoms with Crippen LogP contribution in [-0.2, 0) is 32.7 Å². The van der Waals surface area contributed by atoms with Crippen LogP contribution in [0.3, 0.4) is 0 Å². The summed E-state index contributed by atoms with van der Waals surface area (Å²) >= 11 is 0. The van der Waals surface area contributed by atoms with Gasteiger partial charge in [0.1, 0.15) is 6.61 Å². The molecular weight excluding hydrogens is 769 g/mol. The molecule has 0 heterocycles. The number of unbranched alkanes of at least 4 members (excludes halogenated alkanes) is 12. The van der Waals surface area contributed by atoms with Crippen molar-refractivity contribution in [2.24, 2.45) is 5.73 Å². The van der Waals surface area contributed by atoms with E-state index in [2.05, 4.69) is 68.5 Å². The molecule has 11 nitrogen and oxygen atoms in total. The first-order valence-electron chi connectivity index (χ1n) is 22.6. The van der Waals surface area contributed by atoms with Gasteiger partial charge in [-0.2, -0.15) is 0 Å². The van der Waals surface area contributed by atoms with Crippen LogP contribution >= 0.6 is 7.82 Å². The van der Waals surface area contributed by atoms with E-state index in [1.165, 1.54) is 57.8 Å². The topological polar surface area (TPSA) is 175 Å². The van der Waals surface area contributed by atoms with Crippen LogP contribution in [0.2, 0.25) is 0 Å². The Balaban J connectivity index is 4.37. The number of hydrogen-bond acceptors (Lipinski definition) is 10. The number of hydrogen-bond donors (Lipinski definition) is 4. The summed E-state index contributed by atoms with van der Waals surface area (Å²) in [6, 6.07) is 0. The maximum atomic E-state index is 12.6. The predicted octanol–water partition coefficient (Wildman–Crippen LogP) is 11.0. The zero-order valence-electron chi connectivity index (χ0n) is 36.7. The Morgan fingerprint density at radius 1 is 0.593 bits per heavy atom. The minimum absolute atomic E-state index is 0.00383. The third-order valence-electron chi connectivity index (χ3n) is 9.28. The van der Waals surface area contributed by atoms with Crippen LogP contribution in [0.25, 0.3) is 0 Å². The molecule has 0 rings (SSSR count). The second kappa shape index (κ2) is 42.1. The first kappa shape index (κ1) is 56.4. The maximum Gasteiger partial charge on any atom is 0.472 e. The third kappa shape index (κ3) is 40.5. The van der Waals surface area contributed by atoms with Crippen molar-refractivity contribution in [2.75, 3.05) is 26.4 Å². The monoisotopic (exact) mass is 852 g/mol. The molecule has 0 aliphatic rings. The van der Waals surface area contributed by atoms with Crippen molar-refractivity contribution in [2.45, 2.75) is 186 Å². The summed E-state index contributed by atoms with van der Waals surface area (Å²) < 4.78 is 32.6. The largest absolute Gasteiger partial charge is 0.472 e. The zero-order chi connectivity index (χ0) is 43.5. The van der Waals surface area contributed by atoms with E-state index in [1.54, 1.807) is 0 Å². The number of esters is 2. The van der Waals surface area contributed by atoms with Gasteiger partial charge in [0, 0.05) is 19.4 Å². The van der Waals surface area contributed by atoms with Crippen LogP contribution in [-0.4, -0.2) is 71.7 Å². The van der Waals surface area contributed by atoms with Crippen molar-refractivity contribution in [3.8, 4) is 0 Å². The maximum absolute atomic E-state index is 12.6. The molecule has 0 aliphatic heterocycles. The molecule has 0 aromatic rings. The molecule has 0 radical (unpaired) electrons. The molecule has 0 aliphatic carbocycles. The van der Waals surface area contributed by atoms with Gasteiger partial charge in [-0.15, -0.1) is 0 Å². The number of nitrogens with two attached hydrogens (primary N) is 1. The minimum Gasteiger partial charge on any atom is -0.462 e. The molecule has 0 fully saturated rings. The lowest BCUT2D eigenvalue weighted by molar-refractivity contribution is -0.161. The summed E-state index contributed by atoms with van der Waals surface area (Å²) in [6.45, 7) is 3.24. The lowest BCUT2D eigenvalue weighted by Crippen LogP contribution is -2.30. The standard InChI is InChI=1S/C47H82NO10P/c1-3-5-7-9-11-13-15-17-18-19-20-21-22-23-25-27-29-31-33-37-46(51)55-41-43(42-57-59(53,54)56-40-39-48)58-47(52)38-34-36-45(50)44(49)35-32-30-28-26-24-16-14-12-10-8-6-4-2/h6,8,11-14,17-18,24,26,30,32,43-45,49-50H,3-5,7,9-10,15-16,19-23,25,27-29,31,33-42,48H2,1-2H3,(H,53,54)/b8-6-,13-11-,14-12-,18-17-,26-24-,32-30-/t43-,44-,45-/m1/s1. The second-order valence-electron chi connectivity index (χ2n) is 14.8. The number of phosphoric acid groups is 1. The summed E-state index contributed by atoms with van der Waals surface area (Å²) in [5.41, 5.74) is 5.33. The van der Waals surface area contributed by atoms with Crippen molar-refractivity contribution in [3.63, 3.8) is 0 Å². The van der Waals surface area contributed by atoms with E-state index in [4.69, 9.17) is 24.3 Å². The van der Waals surface area contributed by atoms with Crippen LogP contribution < -0.4 is 5.73 Å². The molecule has 0 aromatic carbocycles. The molecule has 59 heavy (non-hydrogen) atoms. The van der Waals surface area contributed by atoms with Crippen LogP contribution in [0.1, 0.15) is 168 Å². The Morgan fingerprint density at radius 3 is 1.68 bits per heavy atom. The summed E-state index contributed by atoms with van der Waals surface area (Å²) in [4.78, 5) is 35.0. The first-order chi connectivity index (χ1) is 28.6. The number of carbonyl (C=O) groups is 2. The number of carbonyl (C=O) groups excluding carboxylic acids is 2. The number of aliphatic hydroxyl groups excluding tert-OH is 2. The molecule has 4 atom stereocenters. The van der Waals surface area contributed by atoms with Gasteiger partial charge in [-0.1, -0.05) is 145 Å². The highest BCUT2D eigenvalue weighted by molar-refractivity contribution is 7.47. The Labute approximate surface area is 357 Å². The van der Waals surface area contributed by atoms with E-state index in [0.717, 1.165) is 57.8 Å². The second-order valence-corrected chi connectivity index (χ2v) is 16.3. The van der Waals surface area contributed by atoms with Gasteiger partial charge in [-0.3, -0.25) is 18.6 Å². The van der Waals surface area contributed by atoms with Crippen molar-refractivity contribution in [1.29, 1.82) is 0 Å². The van der Waals surface area contributed by atoms with Gasteiger partial charge in [-0.25, -0.2) is 4.57 Å².